The monoisotopic (exact) mass is 584 g/mol. The summed E-state index contributed by atoms with van der Waals surface area (Å²) in [5, 5.41) is 13.8. The molecule has 0 fully saturated rings. The van der Waals surface area contributed by atoms with Crippen LogP contribution in [0.5, 0.6) is 0 Å². The van der Waals surface area contributed by atoms with Crippen LogP contribution in [0, 0.1) is 11.8 Å². The highest BCUT2D eigenvalue weighted by Crippen LogP contribution is 2.31. The van der Waals surface area contributed by atoms with Gasteiger partial charge in [0.15, 0.2) is 11.9 Å². The summed E-state index contributed by atoms with van der Waals surface area (Å²) in [6, 6.07) is 0. The van der Waals surface area contributed by atoms with Gasteiger partial charge in [0.1, 0.15) is 6.10 Å². The molecule has 1 aliphatic heterocycles. The van der Waals surface area contributed by atoms with E-state index in [1.807, 2.05) is 13.8 Å². The first kappa shape index (κ1) is 34.6. The molecule has 0 aromatic carbocycles. The number of nitrogens with two attached hydrogens (primary N) is 1. The van der Waals surface area contributed by atoms with Crippen LogP contribution in [-0.4, -0.2) is 67.3 Å². The van der Waals surface area contributed by atoms with Crippen LogP contribution in [0.1, 0.15) is 53.4 Å². The van der Waals surface area contributed by atoms with Crippen molar-refractivity contribution in [3.8, 4) is 0 Å². The van der Waals surface area contributed by atoms with E-state index in [4.69, 9.17) is 19.9 Å². The maximum Gasteiger partial charge on any atom is 0.405 e. The fraction of sp³-hybridized carbons (Fsp3) is 0.500. The lowest BCUT2D eigenvalue weighted by Crippen LogP contribution is -2.37. The van der Waals surface area contributed by atoms with Crippen LogP contribution < -0.4 is 11.1 Å². The Labute approximate surface area is 248 Å². The number of Topliss-reactive ketones (excluding diaryl/α,β-unsaturated/α-hetero) is 1. The topological polar surface area (TPSA) is 154 Å². The Morgan fingerprint density at radius 3 is 2.48 bits per heavy atom. The third kappa shape index (κ3) is 9.20. The van der Waals surface area contributed by atoms with Gasteiger partial charge < -0.3 is 30.4 Å². The molecule has 3 unspecified atom stereocenters. The number of primary amides is 1. The smallest absolute Gasteiger partial charge is 0.405 e. The van der Waals surface area contributed by atoms with Gasteiger partial charge in [0.05, 0.1) is 17.9 Å². The van der Waals surface area contributed by atoms with Crippen molar-refractivity contribution >= 4 is 23.6 Å². The standard InChI is InChI=1S/C32H44N2O8/c1-8-9-12-22-23-14-18(2)15-27(41-7)28(36)20(4)16-21(5)30(42-32(33)39)26(40-6)13-10-11-19(3)31(38)34-24(29(23)37)17-25(22)35/h8,10-11,13,16-18,20,26-28,30,36H,1,9,12,14-15H2,2-7H3,(H2,33,39)(H,34,38)/b13-10-,19-11+,21-16+/t18-,20+,26?,27?,28-,30?/m1/s1. The Morgan fingerprint density at radius 2 is 1.88 bits per heavy atom. The Kier molecular flexibility index (Phi) is 13.3. The van der Waals surface area contributed by atoms with Crippen molar-refractivity contribution in [1.29, 1.82) is 0 Å². The second-order valence-electron chi connectivity index (χ2n) is 10.9. The van der Waals surface area contributed by atoms with E-state index in [-0.39, 0.29) is 29.4 Å². The quantitative estimate of drug-likeness (QED) is 0.315. The molecule has 2 aliphatic rings. The lowest BCUT2D eigenvalue weighted by atomic mass is 9.82. The Morgan fingerprint density at radius 1 is 1.19 bits per heavy atom. The maximum absolute atomic E-state index is 13.6. The van der Waals surface area contributed by atoms with Gasteiger partial charge in [0.2, 0.25) is 5.78 Å². The maximum atomic E-state index is 13.6. The normalized spacial score (nSPS) is 31.7. The molecule has 230 valence electrons. The summed E-state index contributed by atoms with van der Waals surface area (Å²) in [5.41, 5.74) is 6.85. The third-order valence-electron chi connectivity index (χ3n) is 7.51. The van der Waals surface area contributed by atoms with Gasteiger partial charge >= 0.3 is 6.09 Å². The number of hydrogen-bond acceptors (Lipinski definition) is 8. The number of nitrogens with one attached hydrogen (secondary N) is 1. The average molecular weight is 585 g/mol. The number of ketones is 2. The average Bonchev–Trinajstić information content (AvgIpc) is 2.94. The summed E-state index contributed by atoms with van der Waals surface area (Å²) in [6.45, 7) is 10.8. The van der Waals surface area contributed by atoms with Gasteiger partial charge in [-0.3, -0.25) is 14.4 Å². The highest BCUT2D eigenvalue weighted by molar-refractivity contribution is 6.23. The van der Waals surface area contributed by atoms with E-state index < -0.39 is 48.1 Å². The predicted octanol–water partition coefficient (Wildman–Crippen LogP) is 3.77. The van der Waals surface area contributed by atoms with Gasteiger partial charge in [-0.15, -0.1) is 6.58 Å². The van der Waals surface area contributed by atoms with Crippen molar-refractivity contribution in [2.24, 2.45) is 17.6 Å². The first-order valence-electron chi connectivity index (χ1n) is 14.0. The Hall–Kier alpha value is -3.60. The molecular formula is C32H44N2O8. The van der Waals surface area contributed by atoms with Crippen molar-refractivity contribution < 1.29 is 38.5 Å². The number of fused-ring (bicyclic) bond motifs is 2. The minimum absolute atomic E-state index is 0.0920. The number of carbonyl (C=O) groups excluding carboxylic acids is 4. The molecule has 2 amide bonds. The van der Waals surface area contributed by atoms with Crippen LogP contribution >= 0.6 is 0 Å². The van der Waals surface area contributed by atoms with E-state index in [9.17, 15) is 24.3 Å². The molecule has 6 atom stereocenters. The molecule has 1 heterocycles. The second-order valence-corrected chi connectivity index (χ2v) is 10.9. The van der Waals surface area contributed by atoms with Crippen LogP contribution in [-0.2, 0) is 28.6 Å². The van der Waals surface area contributed by atoms with Gasteiger partial charge in [-0.1, -0.05) is 44.2 Å². The van der Waals surface area contributed by atoms with Crippen LogP contribution in [0.2, 0.25) is 0 Å². The lowest BCUT2D eigenvalue weighted by Gasteiger charge is -2.30. The number of ether oxygens (including phenoxy) is 3. The zero-order chi connectivity index (χ0) is 31.6. The number of allylic oxidation sites excluding steroid dienone is 6. The molecule has 2 rings (SSSR count). The summed E-state index contributed by atoms with van der Waals surface area (Å²) in [5.74, 6) is -1.90. The highest BCUT2D eigenvalue weighted by atomic mass is 16.6. The zero-order valence-corrected chi connectivity index (χ0v) is 25.3. The van der Waals surface area contributed by atoms with E-state index in [2.05, 4.69) is 11.9 Å². The van der Waals surface area contributed by atoms with E-state index in [1.165, 1.54) is 26.4 Å². The molecule has 42 heavy (non-hydrogen) atoms. The summed E-state index contributed by atoms with van der Waals surface area (Å²) in [7, 11) is 2.94. The number of hydrogen-bond donors (Lipinski definition) is 3. The largest absolute Gasteiger partial charge is 0.439 e. The van der Waals surface area contributed by atoms with E-state index in [0.29, 0.717) is 36.0 Å². The van der Waals surface area contributed by atoms with Gasteiger partial charge in [0, 0.05) is 42.9 Å². The van der Waals surface area contributed by atoms with Crippen LogP contribution in [0.25, 0.3) is 0 Å². The Bertz CT molecular complexity index is 1210. The SMILES string of the molecule is C=CCCC1=C2C[C@@H](C)CC(OC)[C@H](O)[C@@H](C)/C=C(\C)C(OC(N)=O)C(OC)/C=C\C=C(/C)C(=O)NC(=CC1=O)C2=O. The molecule has 0 saturated carbocycles. The van der Waals surface area contributed by atoms with Gasteiger partial charge in [-0.25, -0.2) is 4.79 Å². The first-order valence-corrected chi connectivity index (χ1v) is 14.0. The second kappa shape index (κ2) is 16.1. The molecule has 2 bridgehead atoms. The molecular weight excluding hydrogens is 540 g/mol. The molecule has 0 aromatic rings. The molecule has 1 aliphatic carbocycles. The summed E-state index contributed by atoms with van der Waals surface area (Å²) in [6.07, 6.45) is 6.56. The van der Waals surface area contributed by atoms with Gasteiger partial charge in [0.25, 0.3) is 5.91 Å². The van der Waals surface area contributed by atoms with Crippen molar-refractivity contribution in [1.82, 2.24) is 5.32 Å². The van der Waals surface area contributed by atoms with Crippen LogP contribution in [0.3, 0.4) is 0 Å². The van der Waals surface area contributed by atoms with Gasteiger partial charge in [-0.05, 0) is 51.0 Å². The van der Waals surface area contributed by atoms with Crippen LogP contribution in [0.4, 0.5) is 4.79 Å². The predicted molar refractivity (Wildman–Crippen MR) is 159 cm³/mol. The zero-order valence-electron chi connectivity index (χ0n) is 25.3. The highest BCUT2D eigenvalue weighted by Gasteiger charge is 2.33. The number of methoxy groups -OCH3 is 2. The van der Waals surface area contributed by atoms with Crippen molar-refractivity contribution in [2.75, 3.05) is 14.2 Å². The fourth-order valence-electron chi connectivity index (χ4n) is 5.16. The third-order valence-corrected chi connectivity index (χ3v) is 7.51. The van der Waals surface area contributed by atoms with E-state index in [1.54, 1.807) is 38.2 Å². The summed E-state index contributed by atoms with van der Waals surface area (Å²) < 4.78 is 16.6. The molecule has 10 heteroatoms. The number of aliphatic hydroxyl groups is 1. The molecule has 0 aromatic heterocycles. The molecule has 0 radical (unpaired) electrons. The number of carbonyl (C=O) groups is 4. The van der Waals surface area contributed by atoms with Gasteiger partial charge in [-0.2, -0.15) is 0 Å². The number of rotatable bonds is 6. The fourth-order valence-corrected chi connectivity index (χ4v) is 5.16. The molecule has 10 nitrogen and oxygen atoms in total. The van der Waals surface area contributed by atoms with Crippen molar-refractivity contribution in [3.05, 3.63) is 71.0 Å². The Balaban J connectivity index is 2.62. The summed E-state index contributed by atoms with van der Waals surface area (Å²) >= 11 is 0. The first-order chi connectivity index (χ1) is 19.8. The van der Waals surface area contributed by atoms with E-state index in [0.717, 1.165) is 0 Å². The molecule has 0 saturated heterocycles. The van der Waals surface area contributed by atoms with Crippen molar-refractivity contribution in [3.63, 3.8) is 0 Å². The lowest BCUT2D eigenvalue weighted by molar-refractivity contribution is -0.120. The molecule has 4 N–H and O–H groups in total. The van der Waals surface area contributed by atoms with Crippen molar-refractivity contribution in [2.45, 2.75) is 77.8 Å². The number of amides is 2. The summed E-state index contributed by atoms with van der Waals surface area (Å²) in [4.78, 5) is 51.4. The molecule has 0 spiro atoms. The van der Waals surface area contributed by atoms with E-state index >= 15 is 0 Å². The number of aliphatic hydroxyl groups excluding tert-OH is 1. The minimum Gasteiger partial charge on any atom is -0.439 e. The minimum atomic E-state index is -0.996. The van der Waals surface area contributed by atoms with Crippen LogP contribution in [0.15, 0.2) is 71.0 Å².